The van der Waals surface area contributed by atoms with E-state index < -0.39 is 0 Å². The van der Waals surface area contributed by atoms with Crippen LogP contribution in [0.15, 0.2) is 18.3 Å². The van der Waals surface area contributed by atoms with Gasteiger partial charge >= 0.3 is 0 Å². The summed E-state index contributed by atoms with van der Waals surface area (Å²) in [7, 11) is 0. The van der Waals surface area contributed by atoms with E-state index in [0.717, 1.165) is 16.8 Å². The maximum Gasteiger partial charge on any atom is 0.263 e. The van der Waals surface area contributed by atoms with E-state index in [4.69, 9.17) is 5.73 Å². The summed E-state index contributed by atoms with van der Waals surface area (Å²) in [6.45, 7) is 0.764. The Balaban J connectivity index is 1.80. The lowest BCUT2D eigenvalue weighted by Gasteiger charge is -2.25. The molecule has 0 spiro atoms. The molecule has 0 unspecified atom stereocenters. The number of fused-ring (bicyclic) bond motifs is 1. The van der Waals surface area contributed by atoms with Gasteiger partial charge in [0.15, 0.2) is 0 Å². The smallest absolute Gasteiger partial charge is 0.263 e. The second kappa shape index (κ2) is 4.57. The van der Waals surface area contributed by atoms with Crippen LogP contribution >= 0.6 is 11.3 Å². The zero-order valence-electron chi connectivity index (χ0n) is 9.98. The van der Waals surface area contributed by atoms with E-state index in [0.29, 0.717) is 16.5 Å². The lowest BCUT2D eigenvalue weighted by Crippen LogP contribution is -2.32. The van der Waals surface area contributed by atoms with Crippen LogP contribution in [0.1, 0.15) is 28.9 Å². The normalized spacial score (nSPS) is 15.6. The summed E-state index contributed by atoms with van der Waals surface area (Å²) in [5, 5.41) is 2.97. The molecule has 3 N–H and O–H groups in total. The second-order valence-corrected chi connectivity index (χ2v) is 5.75. The molecule has 3 rings (SSSR count). The first-order valence-electron chi connectivity index (χ1n) is 6.17. The Kier molecular flexibility index (Phi) is 2.91. The van der Waals surface area contributed by atoms with E-state index in [-0.39, 0.29) is 5.91 Å². The molecule has 4 nitrogen and oxygen atoms in total. The minimum atomic E-state index is -0.0672. The largest absolute Gasteiger partial charge is 0.396 e. The number of thiophene rings is 1. The van der Waals surface area contributed by atoms with Crippen molar-refractivity contribution in [3.63, 3.8) is 0 Å². The number of nitrogens with zero attached hydrogens (tertiary/aromatic N) is 1. The zero-order valence-corrected chi connectivity index (χ0v) is 10.8. The number of nitrogens with two attached hydrogens (primary N) is 1. The molecule has 2 heterocycles. The molecule has 1 saturated carbocycles. The third kappa shape index (κ3) is 1.95. The van der Waals surface area contributed by atoms with Gasteiger partial charge in [-0.05, 0) is 30.9 Å². The number of carbonyl (C=O) groups is 1. The summed E-state index contributed by atoms with van der Waals surface area (Å²) in [5.41, 5.74) is 7.21. The van der Waals surface area contributed by atoms with Crippen molar-refractivity contribution in [2.45, 2.75) is 19.3 Å². The molecule has 0 radical (unpaired) electrons. The highest BCUT2D eigenvalue weighted by Gasteiger charge is 2.21. The van der Waals surface area contributed by atoms with E-state index in [2.05, 4.69) is 10.3 Å². The molecule has 2 aromatic rings. The fraction of sp³-hybridized carbons (Fsp3) is 0.385. The Morgan fingerprint density at radius 2 is 2.39 bits per heavy atom. The Labute approximate surface area is 109 Å². The topological polar surface area (TPSA) is 68.0 Å². The molecule has 1 aliphatic rings. The lowest BCUT2D eigenvalue weighted by atomic mass is 9.85. The summed E-state index contributed by atoms with van der Waals surface area (Å²) in [6, 6.07) is 3.79. The molecular formula is C13H15N3OS. The molecule has 2 aromatic heterocycles. The van der Waals surface area contributed by atoms with Crippen LogP contribution in [-0.4, -0.2) is 17.4 Å². The summed E-state index contributed by atoms with van der Waals surface area (Å²) in [6.07, 6.45) is 5.43. The predicted octanol–water partition coefficient (Wildman–Crippen LogP) is 2.41. The maximum absolute atomic E-state index is 12.1. The quantitative estimate of drug-likeness (QED) is 0.891. The molecule has 0 bridgehead atoms. The van der Waals surface area contributed by atoms with Gasteiger partial charge in [-0.2, -0.15) is 0 Å². The standard InChI is InChI=1S/C13H15N3OS/c14-10-11-9(5-2-6-15-11)18-12(10)13(17)16-7-8-3-1-4-8/h2,5-6,8H,1,3-4,7,14H2,(H,16,17). The van der Waals surface area contributed by atoms with Crippen molar-refractivity contribution in [1.29, 1.82) is 0 Å². The molecular weight excluding hydrogens is 246 g/mol. The van der Waals surface area contributed by atoms with Crippen molar-refractivity contribution in [3.05, 3.63) is 23.2 Å². The number of hydrogen-bond donors (Lipinski definition) is 2. The number of pyridine rings is 1. The summed E-state index contributed by atoms with van der Waals surface area (Å²) < 4.78 is 0.962. The van der Waals surface area contributed by atoms with Crippen LogP contribution in [0.25, 0.3) is 10.2 Å². The Bertz CT molecular complexity index is 589. The molecule has 0 atom stereocenters. The predicted molar refractivity (Wildman–Crippen MR) is 73.7 cm³/mol. The summed E-state index contributed by atoms with van der Waals surface area (Å²) in [4.78, 5) is 16.9. The highest BCUT2D eigenvalue weighted by molar-refractivity contribution is 7.21. The van der Waals surface area contributed by atoms with Crippen molar-refractivity contribution in [2.24, 2.45) is 5.92 Å². The van der Waals surface area contributed by atoms with Crippen LogP contribution in [-0.2, 0) is 0 Å². The summed E-state index contributed by atoms with van der Waals surface area (Å²) in [5.74, 6) is 0.588. The van der Waals surface area contributed by atoms with Gasteiger partial charge in [0, 0.05) is 12.7 Å². The fourth-order valence-corrected chi connectivity index (χ4v) is 3.13. The van der Waals surface area contributed by atoms with Gasteiger partial charge in [-0.3, -0.25) is 9.78 Å². The number of nitrogen functional groups attached to an aromatic ring is 1. The molecule has 18 heavy (non-hydrogen) atoms. The van der Waals surface area contributed by atoms with E-state index in [1.807, 2.05) is 12.1 Å². The van der Waals surface area contributed by atoms with Crippen molar-refractivity contribution in [2.75, 3.05) is 12.3 Å². The molecule has 1 aliphatic carbocycles. The number of carbonyl (C=O) groups excluding carboxylic acids is 1. The number of amides is 1. The average Bonchev–Trinajstić information content (AvgIpc) is 2.65. The fourth-order valence-electron chi connectivity index (χ4n) is 2.13. The minimum Gasteiger partial charge on any atom is -0.396 e. The highest BCUT2D eigenvalue weighted by atomic mass is 32.1. The maximum atomic E-state index is 12.1. The Hall–Kier alpha value is -1.62. The minimum absolute atomic E-state index is 0.0672. The number of anilines is 1. The number of aromatic nitrogens is 1. The first-order valence-corrected chi connectivity index (χ1v) is 6.98. The monoisotopic (exact) mass is 261 g/mol. The zero-order chi connectivity index (χ0) is 12.5. The van der Waals surface area contributed by atoms with Gasteiger partial charge in [0.1, 0.15) is 10.4 Å². The molecule has 0 aliphatic heterocycles. The van der Waals surface area contributed by atoms with Gasteiger partial charge in [0.05, 0.1) is 10.4 Å². The van der Waals surface area contributed by atoms with Crippen LogP contribution < -0.4 is 11.1 Å². The van der Waals surface area contributed by atoms with Gasteiger partial charge in [-0.1, -0.05) is 6.42 Å². The highest BCUT2D eigenvalue weighted by Crippen LogP contribution is 2.32. The van der Waals surface area contributed by atoms with E-state index >= 15 is 0 Å². The number of rotatable bonds is 3. The third-order valence-corrected chi connectivity index (χ3v) is 4.62. The lowest BCUT2D eigenvalue weighted by molar-refractivity contribution is 0.0944. The third-order valence-electron chi connectivity index (χ3n) is 3.46. The van der Waals surface area contributed by atoms with Crippen LogP contribution in [0, 0.1) is 5.92 Å². The van der Waals surface area contributed by atoms with Crippen LogP contribution in [0.4, 0.5) is 5.69 Å². The SMILES string of the molecule is Nc1c(C(=O)NCC2CCC2)sc2cccnc12. The van der Waals surface area contributed by atoms with Crippen molar-refractivity contribution >= 4 is 33.1 Å². The van der Waals surface area contributed by atoms with Crippen molar-refractivity contribution < 1.29 is 4.79 Å². The van der Waals surface area contributed by atoms with E-state index in [1.54, 1.807) is 6.20 Å². The molecule has 1 fully saturated rings. The second-order valence-electron chi connectivity index (χ2n) is 4.70. The van der Waals surface area contributed by atoms with E-state index in [9.17, 15) is 4.79 Å². The average molecular weight is 261 g/mol. The number of nitrogens with one attached hydrogen (secondary N) is 1. The van der Waals surface area contributed by atoms with Gasteiger partial charge in [0.25, 0.3) is 5.91 Å². The van der Waals surface area contributed by atoms with Gasteiger partial charge in [-0.15, -0.1) is 11.3 Å². The van der Waals surface area contributed by atoms with Crippen LogP contribution in [0.5, 0.6) is 0 Å². The van der Waals surface area contributed by atoms with Gasteiger partial charge in [0.2, 0.25) is 0 Å². The Morgan fingerprint density at radius 3 is 3.06 bits per heavy atom. The van der Waals surface area contributed by atoms with Crippen molar-refractivity contribution in [1.82, 2.24) is 10.3 Å². The van der Waals surface area contributed by atoms with Crippen molar-refractivity contribution in [3.8, 4) is 0 Å². The number of hydrogen-bond acceptors (Lipinski definition) is 4. The molecule has 0 aromatic carbocycles. The van der Waals surface area contributed by atoms with E-state index in [1.165, 1.54) is 30.6 Å². The molecule has 1 amide bonds. The van der Waals surface area contributed by atoms with Gasteiger partial charge in [-0.25, -0.2) is 0 Å². The summed E-state index contributed by atoms with van der Waals surface area (Å²) >= 11 is 1.41. The van der Waals surface area contributed by atoms with Crippen LogP contribution in [0.3, 0.4) is 0 Å². The Morgan fingerprint density at radius 1 is 1.56 bits per heavy atom. The first-order chi connectivity index (χ1) is 8.75. The molecule has 0 saturated heterocycles. The van der Waals surface area contributed by atoms with Crippen LogP contribution in [0.2, 0.25) is 0 Å². The molecule has 94 valence electrons. The first kappa shape index (κ1) is 11.5. The molecule has 5 heteroatoms. The van der Waals surface area contributed by atoms with Gasteiger partial charge < -0.3 is 11.1 Å².